The van der Waals surface area contributed by atoms with Gasteiger partial charge in [0.15, 0.2) is 5.78 Å². The summed E-state index contributed by atoms with van der Waals surface area (Å²) in [6.07, 6.45) is 2.74. The zero-order chi connectivity index (χ0) is 27.4. The maximum absolute atomic E-state index is 12.7. The molecule has 0 atom stereocenters. The second-order valence-electron chi connectivity index (χ2n) is 10.3. The molecular weight excluding hydrogens is 504 g/mol. The van der Waals surface area contributed by atoms with Crippen LogP contribution in [0.1, 0.15) is 54.9 Å². The van der Waals surface area contributed by atoms with Crippen LogP contribution in [0.25, 0.3) is 11.1 Å². The fourth-order valence-corrected chi connectivity index (χ4v) is 4.70. The van der Waals surface area contributed by atoms with Crippen LogP contribution in [0.3, 0.4) is 0 Å². The standard InChI is InChI=1S/C30H33ClN2O5/c1-19(34)25-8-9-26(37-18-24-17-23(31)10-13-32-24)27(28(25)36-5)22-7-6-20-11-14-33(15-12-21(20)16-22)29(35)38-30(2,3)4/h6-10,13,16-17H,11-12,14-15,18H2,1-5H3. The number of ketones is 1. The van der Waals surface area contributed by atoms with E-state index in [0.29, 0.717) is 52.9 Å². The molecule has 0 saturated carbocycles. The number of hydrogen-bond acceptors (Lipinski definition) is 6. The van der Waals surface area contributed by atoms with Gasteiger partial charge in [0.2, 0.25) is 0 Å². The van der Waals surface area contributed by atoms with Gasteiger partial charge in [0.1, 0.15) is 23.7 Å². The van der Waals surface area contributed by atoms with Crippen molar-refractivity contribution in [2.45, 2.75) is 52.7 Å². The molecule has 0 fully saturated rings. The van der Waals surface area contributed by atoms with E-state index in [1.807, 2.05) is 26.8 Å². The fraction of sp³-hybridized carbons (Fsp3) is 0.367. The van der Waals surface area contributed by atoms with Gasteiger partial charge in [-0.15, -0.1) is 0 Å². The van der Waals surface area contributed by atoms with Crippen LogP contribution < -0.4 is 9.47 Å². The number of amides is 1. The van der Waals surface area contributed by atoms with Gasteiger partial charge >= 0.3 is 6.09 Å². The van der Waals surface area contributed by atoms with Crippen molar-refractivity contribution in [3.05, 3.63) is 76.1 Å². The van der Waals surface area contributed by atoms with E-state index >= 15 is 0 Å². The van der Waals surface area contributed by atoms with Crippen LogP contribution in [0, 0.1) is 0 Å². The molecule has 1 aromatic heterocycles. The largest absolute Gasteiger partial charge is 0.495 e. The molecule has 200 valence electrons. The van der Waals surface area contributed by atoms with E-state index in [9.17, 15) is 9.59 Å². The SMILES string of the molecule is COc1c(C(C)=O)ccc(OCc2cc(Cl)ccn2)c1-c1ccc2c(c1)CCN(C(=O)OC(C)(C)C)CC2. The Hall–Kier alpha value is -3.58. The van der Waals surface area contributed by atoms with Crippen LogP contribution >= 0.6 is 11.6 Å². The number of halogens is 1. The van der Waals surface area contributed by atoms with Crippen molar-refractivity contribution in [1.29, 1.82) is 0 Å². The van der Waals surface area contributed by atoms with E-state index in [0.717, 1.165) is 17.5 Å². The van der Waals surface area contributed by atoms with Gasteiger partial charge in [0, 0.05) is 24.3 Å². The number of Topliss-reactive ketones (excluding diaryl/α,β-unsaturated/α-hetero) is 1. The summed E-state index contributed by atoms with van der Waals surface area (Å²) in [5.41, 5.74) is 4.47. The lowest BCUT2D eigenvalue weighted by Gasteiger charge is -2.26. The Bertz CT molecular complexity index is 1350. The quantitative estimate of drug-likeness (QED) is 0.333. The molecule has 8 heteroatoms. The number of rotatable bonds is 6. The van der Waals surface area contributed by atoms with Crippen molar-refractivity contribution in [3.8, 4) is 22.6 Å². The molecule has 1 aliphatic rings. The van der Waals surface area contributed by atoms with Crippen molar-refractivity contribution in [2.75, 3.05) is 20.2 Å². The number of pyridine rings is 1. The van der Waals surface area contributed by atoms with Crippen LogP contribution in [0.2, 0.25) is 5.02 Å². The molecule has 0 unspecified atom stereocenters. The molecule has 2 heterocycles. The number of carbonyl (C=O) groups is 2. The summed E-state index contributed by atoms with van der Waals surface area (Å²) in [4.78, 5) is 31.2. The van der Waals surface area contributed by atoms with Crippen molar-refractivity contribution in [1.82, 2.24) is 9.88 Å². The fourth-order valence-electron chi connectivity index (χ4n) is 4.52. The normalized spacial score (nSPS) is 13.4. The van der Waals surface area contributed by atoms with E-state index in [4.69, 9.17) is 25.8 Å². The van der Waals surface area contributed by atoms with E-state index < -0.39 is 5.60 Å². The molecule has 1 amide bonds. The number of methoxy groups -OCH3 is 1. The molecule has 3 aromatic rings. The molecule has 38 heavy (non-hydrogen) atoms. The van der Waals surface area contributed by atoms with Gasteiger partial charge in [-0.3, -0.25) is 9.78 Å². The molecule has 0 aliphatic carbocycles. The average Bonchev–Trinajstić information content (AvgIpc) is 3.08. The van der Waals surface area contributed by atoms with Gasteiger partial charge < -0.3 is 19.1 Å². The van der Waals surface area contributed by atoms with E-state index in [1.165, 1.54) is 12.5 Å². The van der Waals surface area contributed by atoms with Crippen molar-refractivity contribution in [2.24, 2.45) is 0 Å². The Morgan fingerprint density at radius 2 is 1.76 bits per heavy atom. The number of ether oxygens (including phenoxy) is 3. The Balaban J connectivity index is 1.68. The monoisotopic (exact) mass is 536 g/mol. The predicted octanol–water partition coefficient (Wildman–Crippen LogP) is 6.53. The number of fused-ring (bicyclic) bond motifs is 1. The summed E-state index contributed by atoms with van der Waals surface area (Å²) in [6, 6.07) is 13.1. The highest BCUT2D eigenvalue weighted by atomic mass is 35.5. The van der Waals surface area contributed by atoms with Crippen molar-refractivity contribution < 1.29 is 23.8 Å². The van der Waals surface area contributed by atoms with Crippen LogP contribution in [-0.4, -0.2) is 47.6 Å². The molecule has 0 bridgehead atoms. The third-order valence-electron chi connectivity index (χ3n) is 6.31. The molecule has 0 N–H and O–H groups in total. The number of carbonyl (C=O) groups excluding carboxylic acids is 2. The van der Waals surface area contributed by atoms with Crippen LogP contribution in [0.4, 0.5) is 4.79 Å². The highest BCUT2D eigenvalue weighted by Gasteiger charge is 2.25. The lowest BCUT2D eigenvalue weighted by atomic mass is 9.93. The highest BCUT2D eigenvalue weighted by molar-refractivity contribution is 6.30. The average molecular weight is 537 g/mol. The van der Waals surface area contributed by atoms with Gasteiger partial charge in [-0.05, 0) is 81.5 Å². The summed E-state index contributed by atoms with van der Waals surface area (Å²) < 4.78 is 17.5. The topological polar surface area (TPSA) is 78.0 Å². The summed E-state index contributed by atoms with van der Waals surface area (Å²) in [7, 11) is 1.55. The molecule has 0 spiro atoms. The highest BCUT2D eigenvalue weighted by Crippen LogP contribution is 2.42. The Labute approximate surface area is 228 Å². The Morgan fingerprint density at radius 1 is 1.03 bits per heavy atom. The first-order valence-corrected chi connectivity index (χ1v) is 13.0. The number of benzene rings is 2. The molecular formula is C30H33ClN2O5. The third kappa shape index (κ3) is 6.45. The maximum atomic E-state index is 12.7. The van der Waals surface area contributed by atoms with Gasteiger partial charge in [-0.25, -0.2) is 4.79 Å². The van der Waals surface area contributed by atoms with E-state index in [2.05, 4.69) is 17.1 Å². The maximum Gasteiger partial charge on any atom is 0.410 e. The summed E-state index contributed by atoms with van der Waals surface area (Å²) in [6.45, 7) is 8.47. The molecule has 4 rings (SSSR count). The minimum atomic E-state index is -0.543. The first kappa shape index (κ1) is 27.5. The zero-order valence-corrected chi connectivity index (χ0v) is 23.2. The molecule has 2 aromatic carbocycles. The summed E-state index contributed by atoms with van der Waals surface area (Å²) in [5, 5.41) is 0.578. The van der Waals surface area contributed by atoms with Gasteiger partial charge in [0.05, 0.1) is 23.9 Å². The van der Waals surface area contributed by atoms with E-state index in [1.54, 1.807) is 42.5 Å². The van der Waals surface area contributed by atoms with Gasteiger partial charge in [-0.1, -0.05) is 29.8 Å². The Kier molecular flexibility index (Phi) is 8.26. The first-order valence-electron chi connectivity index (χ1n) is 12.6. The smallest absolute Gasteiger partial charge is 0.410 e. The molecule has 0 radical (unpaired) electrons. The predicted molar refractivity (Wildman–Crippen MR) is 147 cm³/mol. The Morgan fingerprint density at radius 3 is 2.42 bits per heavy atom. The molecule has 7 nitrogen and oxygen atoms in total. The zero-order valence-electron chi connectivity index (χ0n) is 22.5. The van der Waals surface area contributed by atoms with Crippen LogP contribution in [0.15, 0.2) is 48.7 Å². The van der Waals surface area contributed by atoms with Crippen molar-refractivity contribution in [3.63, 3.8) is 0 Å². The number of aromatic nitrogens is 1. The minimum absolute atomic E-state index is 0.103. The number of nitrogens with zero attached hydrogens (tertiary/aromatic N) is 2. The molecule has 1 aliphatic heterocycles. The molecule has 0 saturated heterocycles. The van der Waals surface area contributed by atoms with Crippen LogP contribution in [-0.2, 0) is 24.2 Å². The second kappa shape index (κ2) is 11.4. The number of hydrogen-bond donors (Lipinski definition) is 0. The minimum Gasteiger partial charge on any atom is -0.495 e. The van der Waals surface area contributed by atoms with E-state index in [-0.39, 0.29) is 18.5 Å². The third-order valence-corrected chi connectivity index (χ3v) is 6.54. The lowest BCUT2D eigenvalue weighted by molar-refractivity contribution is 0.0258. The van der Waals surface area contributed by atoms with Gasteiger partial charge in [0.25, 0.3) is 0 Å². The summed E-state index contributed by atoms with van der Waals surface area (Å²) in [5.74, 6) is 0.921. The second-order valence-corrected chi connectivity index (χ2v) is 10.7. The summed E-state index contributed by atoms with van der Waals surface area (Å²) >= 11 is 6.11. The lowest BCUT2D eigenvalue weighted by Crippen LogP contribution is -2.38. The van der Waals surface area contributed by atoms with Gasteiger partial charge in [-0.2, -0.15) is 0 Å². The van der Waals surface area contributed by atoms with Crippen LogP contribution in [0.5, 0.6) is 11.5 Å². The first-order chi connectivity index (χ1) is 18.1. The van der Waals surface area contributed by atoms with Crippen molar-refractivity contribution >= 4 is 23.5 Å².